The molecule has 0 aliphatic rings. The number of aromatic nitrogens is 4. The van der Waals surface area contributed by atoms with Crippen LogP contribution in [0, 0.1) is 11.3 Å². The van der Waals surface area contributed by atoms with Gasteiger partial charge in [-0.05, 0) is 17.7 Å². The zero-order valence-corrected chi connectivity index (χ0v) is 16.4. The normalized spacial score (nSPS) is 10.7. The average molecular weight is 433 g/mol. The van der Waals surface area contributed by atoms with Gasteiger partial charge in [0.2, 0.25) is 0 Å². The summed E-state index contributed by atoms with van der Waals surface area (Å²) >= 11 is 3.37. The highest BCUT2D eigenvalue weighted by Crippen LogP contribution is 2.27. The summed E-state index contributed by atoms with van der Waals surface area (Å²) < 4.78 is 18.3. The van der Waals surface area contributed by atoms with Crippen LogP contribution in [0.15, 0.2) is 22.7 Å². The van der Waals surface area contributed by atoms with E-state index in [0.29, 0.717) is 35.9 Å². The summed E-state index contributed by atoms with van der Waals surface area (Å²) in [6.07, 6.45) is 0. The Morgan fingerprint density at radius 2 is 2.04 bits per heavy atom. The number of fused-ring (bicyclic) bond motifs is 1. The maximum Gasteiger partial charge on any atom is 0.320 e. The highest BCUT2D eigenvalue weighted by Gasteiger charge is 2.19. The minimum atomic E-state index is 0.122. The smallest absolute Gasteiger partial charge is 0.320 e. The van der Waals surface area contributed by atoms with Crippen molar-refractivity contribution in [3.05, 3.63) is 33.8 Å². The fraction of sp³-hybridized carbons (Fsp3) is 0.294. The number of benzene rings is 1. The predicted octanol–water partition coefficient (Wildman–Crippen LogP) is 2.12. The van der Waals surface area contributed by atoms with Crippen LogP contribution in [0.25, 0.3) is 11.2 Å². The molecular formula is C17H17BrN6O3. The zero-order chi connectivity index (χ0) is 19.4. The van der Waals surface area contributed by atoms with Gasteiger partial charge in [0.05, 0.1) is 31.9 Å². The van der Waals surface area contributed by atoms with Gasteiger partial charge in [-0.25, -0.2) is 0 Å². The van der Waals surface area contributed by atoms with Gasteiger partial charge in [-0.3, -0.25) is 4.57 Å². The van der Waals surface area contributed by atoms with Gasteiger partial charge in [0, 0.05) is 11.6 Å². The molecule has 27 heavy (non-hydrogen) atoms. The predicted molar refractivity (Wildman–Crippen MR) is 102 cm³/mol. The number of nitrogens with zero attached hydrogens (tertiary/aromatic N) is 5. The molecule has 0 saturated heterocycles. The lowest BCUT2D eigenvalue weighted by molar-refractivity contribution is 0.141. The van der Waals surface area contributed by atoms with Crippen LogP contribution in [0.4, 0.5) is 5.82 Å². The van der Waals surface area contributed by atoms with Crippen molar-refractivity contribution >= 4 is 32.9 Å². The Hall–Kier alpha value is -2.90. The number of imidazole rings is 1. The molecule has 2 heterocycles. The molecule has 0 aliphatic heterocycles. The van der Waals surface area contributed by atoms with Gasteiger partial charge >= 0.3 is 6.01 Å². The van der Waals surface area contributed by atoms with Crippen molar-refractivity contribution in [2.24, 2.45) is 0 Å². The molecule has 0 radical (unpaired) electrons. The van der Waals surface area contributed by atoms with Crippen LogP contribution in [-0.4, -0.2) is 47.0 Å². The molecule has 3 rings (SSSR count). The van der Waals surface area contributed by atoms with Crippen molar-refractivity contribution in [3.63, 3.8) is 0 Å². The lowest BCUT2D eigenvalue weighted by Crippen LogP contribution is -2.09. The second kappa shape index (κ2) is 8.20. The monoisotopic (exact) mass is 432 g/mol. The number of methoxy groups -OCH3 is 2. The number of rotatable bonds is 7. The molecule has 0 fully saturated rings. The van der Waals surface area contributed by atoms with Crippen LogP contribution in [0.2, 0.25) is 0 Å². The van der Waals surface area contributed by atoms with E-state index in [-0.39, 0.29) is 18.4 Å². The third-order valence-corrected chi connectivity index (χ3v) is 4.28. The van der Waals surface area contributed by atoms with Gasteiger partial charge < -0.3 is 19.9 Å². The van der Waals surface area contributed by atoms with E-state index in [1.165, 1.54) is 7.11 Å². The molecule has 0 amide bonds. The first-order valence-corrected chi connectivity index (χ1v) is 8.74. The fourth-order valence-corrected chi connectivity index (χ4v) is 2.88. The lowest BCUT2D eigenvalue weighted by atomic mass is 10.1. The minimum absolute atomic E-state index is 0.122. The van der Waals surface area contributed by atoms with Crippen molar-refractivity contribution in [1.82, 2.24) is 19.5 Å². The molecule has 3 aromatic rings. The van der Waals surface area contributed by atoms with E-state index < -0.39 is 0 Å². The summed E-state index contributed by atoms with van der Waals surface area (Å²) in [4.78, 5) is 12.9. The Kier molecular flexibility index (Phi) is 5.73. The largest absolute Gasteiger partial charge is 0.468 e. The summed E-state index contributed by atoms with van der Waals surface area (Å²) in [5, 5.41) is 9.42. The number of hydrogen-bond acceptors (Lipinski definition) is 8. The molecule has 1 aromatic carbocycles. The van der Waals surface area contributed by atoms with E-state index in [1.807, 2.05) is 12.1 Å². The second-order valence-corrected chi connectivity index (χ2v) is 6.42. The van der Waals surface area contributed by atoms with Crippen molar-refractivity contribution in [3.8, 4) is 18.1 Å². The Morgan fingerprint density at radius 3 is 2.74 bits per heavy atom. The van der Waals surface area contributed by atoms with Crippen LogP contribution < -0.4 is 15.2 Å². The van der Waals surface area contributed by atoms with E-state index in [9.17, 15) is 5.26 Å². The quantitative estimate of drug-likeness (QED) is 0.563. The molecule has 2 aromatic heterocycles. The molecule has 10 heteroatoms. The summed E-state index contributed by atoms with van der Waals surface area (Å²) in [5.41, 5.74) is 8.20. The number of nitrogens with two attached hydrogens (primary N) is 1. The van der Waals surface area contributed by atoms with Gasteiger partial charge in [0.25, 0.3) is 6.01 Å². The second-order valence-electron chi connectivity index (χ2n) is 5.50. The van der Waals surface area contributed by atoms with Gasteiger partial charge in [-0.2, -0.15) is 20.2 Å². The summed E-state index contributed by atoms with van der Waals surface area (Å²) in [6.45, 7) is 1.01. The number of hydrogen-bond donors (Lipinski definition) is 1. The third kappa shape index (κ3) is 3.94. The van der Waals surface area contributed by atoms with Crippen molar-refractivity contribution in [2.75, 3.05) is 33.2 Å². The van der Waals surface area contributed by atoms with Crippen LogP contribution in [0.1, 0.15) is 11.1 Å². The maximum atomic E-state index is 9.42. The highest BCUT2D eigenvalue weighted by molar-refractivity contribution is 9.10. The van der Waals surface area contributed by atoms with E-state index in [2.05, 4.69) is 37.0 Å². The van der Waals surface area contributed by atoms with Gasteiger partial charge in [0.1, 0.15) is 6.61 Å². The first-order chi connectivity index (χ1) is 13.1. The van der Waals surface area contributed by atoms with E-state index >= 15 is 0 Å². The molecule has 0 unspecified atom stereocenters. The Balaban J connectivity index is 2.07. The van der Waals surface area contributed by atoms with Crippen molar-refractivity contribution in [1.29, 1.82) is 5.26 Å². The number of anilines is 1. The van der Waals surface area contributed by atoms with Crippen molar-refractivity contribution in [2.45, 2.75) is 6.54 Å². The molecule has 0 spiro atoms. The van der Waals surface area contributed by atoms with Crippen molar-refractivity contribution < 1.29 is 14.2 Å². The molecule has 2 N–H and O–H groups in total. The number of nitrogen functional groups attached to an aromatic ring is 1. The summed E-state index contributed by atoms with van der Waals surface area (Å²) in [5.74, 6) is 0.181. The first kappa shape index (κ1) is 18.9. The minimum Gasteiger partial charge on any atom is -0.468 e. The Bertz CT molecular complexity index is 1010. The highest BCUT2D eigenvalue weighted by atomic mass is 79.9. The number of halogens is 1. The molecule has 0 bridgehead atoms. The van der Waals surface area contributed by atoms with E-state index in [4.69, 9.17) is 19.9 Å². The number of ether oxygens (including phenoxy) is 3. The maximum absolute atomic E-state index is 9.42. The first-order valence-electron chi connectivity index (χ1n) is 7.95. The standard InChI is InChI=1S/C17H17BrN6O3/c1-25-5-6-27-16-22-14(20)13-15(23-16)24(17(21-13)26-2)9-10-3-4-12(18)7-11(10)8-19/h3-4,7H,5-6,9H2,1-2H3,(H2,20,22,23). The van der Waals surface area contributed by atoms with Gasteiger partial charge in [-0.1, -0.05) is 22.0 Å². The van der Waals surface area contributed by atoms with Crippen LogP contribution >= 0.6 is 15.9 Å². The van der Waals surface area contributed by atoms with E-state index in [1.54, 1.807) is 17.7 Å². The molecule has 140 valence electrons. The van der Waals surface area contributed by atoms with Crippen LogP contribution in [-0.2, 0) is 11.3 Å². The molecular weight excluding hydrogens is 416 g/mol. The molecule has 0 aliphatic carbocycles. The van der Waals surface area contributed by atoms with Gasteiger partial charge in [0.15, 0.2) is 17.0 Å². The Morgan fingerprint density at radius 1 is 1.22 bits per heavy atom. The SMILES string of the molecule is COCCOc1nc(N)c2nc(OC)n(Cc3ccc(Br)cc3C#N)c2n1. The molecule has 0 saturated carbocycles. The molecule has 9 nitrogen and oxygen atoms in total. The zero-order valence-electron chi connectivity index (χ0n) is 14.8. The average Bonchev–Trinajstić information content (AvgIpc) is 3.01. The third-order valence-electron chi connectivity index (χ3n) is 3.79. The molecule has 0 atom stereocenters. The van der Waals surface area contributed by atoms with Crippen LogP contribution in [0.3, 0.4) is 0 Å². The summed E-state index contributed by atoms with van der Waals surface area (Å²) in [6, 6.07) is 8.10. The van der Waals surface area contributed by atoms with E-state index in [0.717, 1.165) is 10.0 Å². The number of nitriles is 1. The summed E-state index contributed by atoms with van der Waals surface area (Å²) in [7, 11) is 3.08. The lowest BCUT2D eigenvalue weighted by Gasteiger charge is -2.10. The topological polar surface area (TPSA) is 121 Å². The van der Waals surface area contributed by atoms with Crippen LogP contribution in [0.5, 0.6) is 12.0 Å². The fourth-order valence-electron chi connectivity index (χ4n) is 2.52. The Labute approximate surface area is 163 Å². The van der Waals surface area contributed by atoms with Gasteiger partial charge in [-0.15, -0.1) is 0 Å².